The molecule has 1 N–H and O–H groups in total. The number of benzene rings is 1. The van der Waals surface area contributed by atoms with Gasteiger partial charge in [-0.05, 0) is 46.1 Å². The summed E-state index contributed by atoms with van der Waals surface area (Å²) >= 11 is 0. The van der Waals surface area contributed by atoms with Gasteiger partial charge in [-0.1, -0.05) is 29.7 Å². The van der Waals surface area contributed by atoms with E-state index in [9.17, 15) is 9.90 Å². The molecular formula is C17H25BO4. The molecule has 0 atom stereocenters. The van der Waals surface area contributed by atoms with Crippen molar-refractivity contribution in [2.24, 2.45) is 0 Å². The van der Waals surface area contributed by atoms with Crippen LogP contribution in [0.5, 0.6) is 0 Å². The van der Waals surface area contributed by atoms with E-state index >= 15 is 0 Å². The number of aliphatic hydroxyl groups is 1. The average Bonchev–Trinajstić information content (AvgIpc) is 3.25. The highest BCUT2D eigenvalue weighted by Crippen LogP contribution is 2.48. The van der Waals surface area contributed by atoms with E-state index in [0.717, 1.165) is 23.9 Å². The number of hydrogen-bond donors (Lipinski definition) is 1. The van der Waals surface area contributed by atoms with Crippen LogP contribution in [0.3, 0.4) is 0 Å². The molecule has 0 spiro atoms. The molecule has 5 heteroatoms. The molecule has 1 aliphatic carbocycles. The van der Waals surface area contributed by atoms with Gasteiger partial charge in [0.2, 0.25) is 0 Å². The quantitative estimate of drug-likeness (QED) is 0.638. The van der Waals surface area contributed by atoms with Crippen LogP contribution in [-0.2, 0) is 19.6 Å². The molecule has 0 unspecified atom stereocenters. The zero-order valence-electron chi connectivity index (χ0n) is 14.1. The maximum atomic E-state index is 11.9. The second-order valence-electron chi connectivity index (χ2n) is 7.13. The Balaban J connectivity index is 2.03. The molecule has 1 aromatic rings. The first-order valence-electron chi connectivity index (χ1n) is 7.66. The fourth-order valence-corrected chi connectivity index (χ4v) is 2.29. The van der Waals surface area contributed by atoms with Gasteiger partial charge in [0, 0.05) is 0 Å². The summed E-state index contributed by atoms with van der Waals surface area (Å²) in [6.45, 7) is 7.22. The van der Waals surface area contributed by atoms with Gasteiger partial charge in [0.05, 0.1) is 23.7 Å². The van der Waals surface area contributed by atoms with E-state index in [1.165, 1.54) is 7.11 Å². The third-order valence-electron chi connectivity index (χ3n) is 4.91. The van der Waals surface area contributed by atoms with Gasteiger partial charge in [0.15, 0.2) is 0 Å². The predicted molar refractivity (Wildman–Crippen MR) is 87.6 cm³/mol. The van der Waals surface area contributed by atoms with E-state index < -0.39 is 16.6 Å². The van der Waals surface area contributed by atoms with Crippen LogP contribution in [0.15, 0.2) is 24.3 Å². The van der Waals surface area contributed by atoms with Crippen LogP contribution in [0.25, 0.3) is 0 Å². The van der Waals surface area contributed by atoms with Crippen LogP contribution in [0.1, 0.15) is 46.1 Å². The van der Waals surface area contributed by atoms with Gasteiger partial charge in [0.25, 0.3) is 0 Å². The summed E-state index contributed by atoms with van der Waals surface area (Å²) in [4.78, 5) is 11.9. The second kappa shape index (κ2) is 5.71. The maximum Gasteiger partial charge on any atom is 0.316 e. The molecule has 0 saturated heterocycles. The molecule has 4 nitrogen and oxygen atoms in total. The van der Waals surface area contributed by atoms with Crippen molar-refractivity contribution in [3.05, 3.63) is 29.8 Å². The van der Waals surface area contributed by atoms with Crippen molar-refractivity contribution < 1.29 is 19.3 Å². The molecule has 0 aliphatic heterocycles. The van der Waals surface area contributed by atoms with Gasteiger partial charge in [0.1, 0.15) is 0 Å². The Morgan fingerprint density at radius 1 is 1.18 bits per heavy atom. The summed E-state index contributed by atoms with van der Waals surface area (Å²) in [5, 5.41) is 10.1. The topological polar surface area (TPSA) is 55.8 Å². The molecule has 0 radical (unpaired) electrons. The number of carbonyl (C=O) groups is 1. The number of methoxy groups -OCH3 is 1. The molecule has 1 saturated carbocycles. The smallest absolute Gasteiger partial charge is 0.316 e. The minimum Gasteiger partial charge on any atom is -0.468 e. The SMILES string of the molecule is COC(=O)C1(c2ccc(BOC(C)(C)C(C)(C)O)cc2)CC1. The van der Waals surface area contributed by atoms with Gasteiger partial charge in [-0.2, -0.15) is 0 Å². The van der Waals surface area contributed by atoms with Crippen LogP contribution >= 0.6 is 0 Å². The van der Waals surface area contributed by atoms with Crippen LogP contribution in [0.2, 0.25) is 0 Å². The summed E-state index contributed by atoms with van der Waals surface area (Å²) in [5.74, 6) is -0.153. The van der Waals surface area contributed by atoms with E-state index in [1.54, 1.807) is 13.8 Å². The Hall–Kier alpha value is -1.33. The van der Waals surface area contributed by atoms with Crippen molar-refractivity contribution >= 4 is 18.9 Å². The normalized spacial score (nSPS) is 17.0. The van der Waals surface area contributed by atoms with E-state index in [2.05, 4.69) is 0 Å². The van der Waals surface area contributed by atoms with E-state index in [0.29, 0.717) is 7.48 Å². The number of esters is 1. The fourth-order valence-electron chi connectivity index (χ4n) is 2.29. The van der Waals surface area contributed by atoms with E-state index in [-0.39, 0.29) is 5.97 Å². The third-order valence-corrected chi connectivity index (χ3v) is 4.91. The summed E-state index contributed by atoms with van der Waals surface area (Å²) in [5.41, 5.74) is 0.0257. The molecule has 120 valence electrons. The summed E-state index contributed by atoms with van der Waals surface area (Å²) in [6.07, 6.45) is 1.70. The average molecular weight is 304 g/mol. The fraction of sp³-hybridized carbons (Fsp3) is 0.588. The van der Waals surface area contributed by atoms with Crippen LogP contribution in [-0.4, -0.2) is 36.9 Å². The summed E-state index contributed by atoms with van der Waals surface area (Å²) < 4.78 is 10.7. The molecule has 0 amide bonds. The van der Waals surface area contributed by atoms with Crippen molar-refractivity contribution in [2.45, 2.75) is 57.2 Å². The Kier molecular flexibility index (Phi) is 4.42. The first kappa shape index (κ1) is 17.0. The first-order chi connectivity index (χ1) is 10.1. The standard InChI is InChI=1S/C17H25BO4/c1-15(2,20)16(3,4)22-18-13-8-6-12(7-9-13)17(10-11-17)14(19)21-5/h6-9,18,20H,10-11H2,1-5H3. The highest BCUT2D eigenvalue weighted by atomic mass is 16.5. The molecule has 2 rings (SSSR count). The molecule has 0 bridgehead atoms. The monoisotopic (exact) mass is 304 g/mol. The lowest BCUT2D eigenvalue weighted by Gasteiger charge is -2.37. The van der Waals surface area contributed by atoms with Crippen molar-refractivity contribution in [3.63, 3.8) is 0 Å². The third kappa shape index (κ3) is 3.20. The van der Waals surface area contributed by atoms with Crippen LogP contribution in [0.4, 0.5) is 0 Å². The molecule has 22 heavy (non-hydrogen) atoms. The summed E-state index contributed by atoms with van der Waals surface area (Å²) in [7, 11) is 1.85. The number of rotatable bonds is 6. The van der Waals surface area contributed by atoms with Crippen LogP contribution < -0.4 is 5.46 Å². The Morgan fingerprint density at radius 2 is 1.73 bits per heavy atom. The number of ether oxygens (including phenoxy) is 1. The lowest BCUT2D eigenvalue weighted by atomic mass is 9.81. The van der Waals surface area contributed by atoms with Gasteiger partial charge in [-0.3, -0.25) is 4.79 Å². The molecule has 1 aromatic carbocycles. The largest absolute Gasteiger partial charge is 0.468 e. The molecule has 0 heterocycles. The van der Waals surface area contributed by atoms with Gasteiger partial charge in [-0.25, -0.2) is 0 Å². The molecule has 1 fully saturated rings. The van der Waals surface area contributed by atoms with Gasteiger partial charge < -0.3 is 14.5 Å². The van der Waals surface area contributed by atoms with Crippen molar-refractivity contribution in [1.29, 1.82) is 0 Å². The van der Waals surface area contributed by atoms with E-state index in [1.807, 2.05) is 38.1 Å². The number of hydrogen-bond acceptors (Lipinski definition) is 4. The van der Waals surface area contributed by atoms with E-state index in [4.69, 9.17) is 9.39 Å². The lowest BCUT2D eigenvalue weighted by molar-refractivity contribution is -0.143. The lowest BCUT2D eigenvalue weighted by Crippen LogP contribution is -2.49. The highest BCUT2D eigenvalue weighted by molar-refractivity contribution is 6.47. The minimum absolute atomic E-state index is 0.153. The van der Waals surface area contributed by atoms with Crippen molar-refractivity contribution in [1.82, 2.24) is 0 Å². The van der Waals surface area contributed by atoms with Crippen molar-refractivity contribution in [3.8, 4) is 0 Å². The maximum absolute atomic E-state index is 11.9. The molecule has 1 aliphatic rings. The minimum atomic E-state index is -0.921. The second-order valence-corrected chi connectivity index (χ2v) is 7.13. The molecular weight excluding hydrogens is 279 g/mol. The van der Waals surface area contributed by atoms with Crippen molar-refractivity contribution in [2.75, 3.05) is 7.11 Å². The Morgan fingerprint density at radius 3 is 2.14 bits per heavy atom. The zero-order chi connectivity index (χ0) is 16.6. The van der Waals surface area contributed by atoms with Gasteiger partial charge in [-0.15, -0.1) is 0 Å². The van der Waals surface area contributed by atoms with Gasteiger partial charge >= 0.3 is 13.5 Å². The Labute approximate surface area is 133 Å². The molecule has 0 aromatic heterocycles. The highest BCUT2D eigenvalue weighted by Gasteiger charge is 2.52. The summed E-state index contributed by atoms with van der Waals surface area (Å²) in [6, 6.07) is 7.89. The predicted octanol–water partition coefficient (Wildman–Crippen LogP) is 1.43. The number of carbonyl (C=O) groups excluding carboxylic acids is 1. The zero-order valence-corrected chi connectivity index (χ0v) is 14.1. The van der Waals surface area contributed by atoms with Crippen LogP contribution in [0, 0.1) is 0 Å². The Bertz CT molecular complexity index is 539. The first-order valence-corrected chi connectivity index (χ1v) is 7.66.